The zero-order valence-electron chi connectivity index (χ0n) is 9.86. The molecule has 1 aromatic carbocycles. The van der Waals surface area contributed by atoms with Crippen molar-refractivity contribution in [1.82, 2.24) is 14.8 Å². The molecule has 4 nitrogen and oxygen atoms in total. The van der Waals surface area contributed by atoms with Crippen molar-refractivity contribution in [2.24, 2.45) is 7.05 Å². The van der Waals surface area contributed by atoms with Crippen LogP contribution in [0.3, 0.4) is 0 Å². The summed E-state index contributed by atoms with van der Waals surface area (Å²) in [4.78, 5) is 0. The van der Waals surface area contributed by atoms with E-state index in [1.165, 1.54) is 12.1 Å². The number of hydrogen-bond donors (Lipinski definition) is 1. The molecule has 102 valence electrons. The minimum Gasteiger partial charge on any atom is -0.486 e. The Morgan fingerprint density at radius 1 is 1.42 bits per heavy atom. The Kier molecular flexibility index (Phi) is 3.61. The number of ether oxygens (including phenoxy) is 1. The van der Waals surface area contributed by atoms with Gasteiger partial charge in [0, 0.05) is 7.05 Å². The number of aromatic amines is 1. The van der Waals surface area contributed by atoms with E-state index >= 15 is 0 Å². The van der Waals surface area contributed by atoms with Crippen molar-refractivity contribution >= 4 is 12.2 Å². The zero-order chi connectivity index (χ0) is 14.0. The Morgan fingerprint density at radius 3 is 2.74 bits per heavy atom. The van der Waals surface area contributed by atoms with Crippen molar-refractivity contribution in [2.75, 3.05) is 0 Å². The number of alkyl halides is 3. The second kappa shape index (κ2) is 5.04. The molecule has 1 heterocycles. The molecule has 1 aromatic heterocycles. The van der Waals surface area contributed by atoms with Crippen LogP contribution in [0.4, 0.5) is 13.2 Å². The molecular formula is C11H10F3N3OS. The highest BCUT2D eigenvalue weighted by atomic mass is 32.1. The molecule has 0 fully saturated rings. The Balaban J connectivity index is 2.12. The molecule has 2 aromatic rings. The Labute approximate surface area is 111 Å². The molecule has 0 bridgehead atoms. The maximum atomic E-state index is 12.5. The molecule has 0 saturated heterocycles. The van der Waals surface area contributed by atoms with E-state index in [2.05, 4.69) is 10.2 Å². The van der Waals surface area contributed by atoms with Crippen LogP contribution in [0.25, 0.3) is 0 Å². The molecule has 0 unspecified atom stereocenters. The van der Waals surface area contributed by atoms with Gasteiger partial charge in [-0.2, -0.15) is 18.3 Å². The molecule has 0 aliphatic heterocycles. The summed E-state index contributed by atoms with van der Waals surface area (Å²) >= 11 is 4.92. The van der Waals surface area contributed by atoms with Crippen LogP contribution in [0.15, 0.2) is 24.3 Å². The second-order valence-corrected chi connectivity index (χ2v) is 4.20. The van der Waals surface area contributed by atoms with E-state index in [4.69, 9.17) is 17.0 Å². The molecule has 1 N–H and O–H groups in total. The SMILES string of the molecule is Cn1c(COc2cccc(C(F)(F)F)c2)n[nH]c1=S. The van der Waals surface area contributed by atoms with Gasteiger partial charge in [-0.05, 0) is 30.4 Å². The van der Waals surface area contributed by atoms with Crippen LogP contribution in [-0.2, 0) is 19.8 Å². The number of halogens is 3. The van der Waals surface area contributed by atoms with Crippen LogP contribution >= 0.6 is 12.2 Å². The topological polar surface area (TPSA) is 42.8 Å². The average Bonchev–Trinajstić information content (AvgIpc) is 2.67. The van der Waals surface area contributed by atoms with Crippen LogP contribution in [0.1, 0.15) is 11.4 Å². The van der Waals surface area contributed by atoms with Gasteiger partial charge in [0.25, 0.3) is 0 Å². The minimum absolute atomic E-state index is 0.0327. The zero-order valence-corrected chi connectivity index (χ0v) is 10.7. The van der Waals surface area contributed by atoms with Gasteiger partial charge in [-0.15, -0.1) is 0 Å². The summed E-state index contributed by atoms with van der Waals surface area (Å²) in [6.45, 7) is 0.0327. The van der Waals surface area contributed by atoms with Gasteiger partial charge in [0.1, 0.15) is 12.4 Å². The molecule has 8 heteroatoms. The summed E-state index contributed by atoms with van der Waals surface area (Å²) in [5.74, 6) is 0.631. The van der Waals surface area contributed by atoms with Crippen LogP contribution < -0.4 is 4.74 Å². The lowest BCUT2D eigenvalue weighted by Crippen LogP contribution is -2.06. The molecular weight excluding hydrogens is 279 g/mol. The van der Waals surface area contributed by atoms with Gasteiger partial charge in [0.15, 0.2) is 10.6 Å². The lowest BCUT2D eigenvalue weighted by Gasteiger charge is -2.09. The van der Waals surface area contributed by atoms with Gasteiger partial charge in [0.05, 0.1) is 5.56 Å². The van der Waals surface area contributed by atoms with E-state index < -0.39 is 11.7 Å². The first-order valence-corrected chi connectivity index (χ1v) is 5.69. The predicted molar refractivity (Wildman–Crippen MR) is 64.2 cm³/mol. The summed E-state index contributed by atoms with van der Waals surface area (Å²) in [7, 11) is 1.69. The fourth-order valence-electron chi connectivity index (χ4n) is 1.42. The standard InChI is InChI=1S/C11H10F3N3OS/c1-17-9(15-16-10(17)19)6-18-8-4-2-3-7(5-8)11(12,13)14/h2-5H,6H2,1H3,(H,16,19). The summed E-state index contributed by atoms with van der Waals surface area (Å²) in [6, 6.07) is 4.68. The molecule has 0 aliphatic carbocycles. The highest BCUT2D eigenvalue weighted by molar-refractivity contribution is 7.71. The van der Waals surface area contributed by atoms with Crippen molar-refractivity contribution in [3.05, 3.63) is 40.4 Å². The average molecular weight is 289 g/mol. The quantitative estimate of drug-likeness (QED) is 0.883. The second-order valence-electron chi connectivity index (χ2n) is 3.82. The first kappa shape index (κ1) is 13.6. The Morgan fingerprint density at radius 2 is 2.16 bits per heavy atom. The van der Waals surface area contributed by atoms with Crippen molar-refractivity contribution in [3.63, 3.8) is 0 Å². The van der Waals surface area contributed by atoms with Crippen LogP contribution in [0.2, 0.25) is 0 Å². The van der Waals surface area contributed by atoms with E-state index in [1.54, 1.807) is 11.6 Å². The highest BCUT2D eigenvalue weighted by Crippen LogP contribution is 2.31. The molecule has 0 spiro atoms. The molecule has 0 atom stereocenters. The molecule has 19 heavy (non-hydrogen) atoms. The number of hydrogen-bond acceptors (Lipinski definition) is 3. The molecule has 0 saturated carbocycles. The van der Waals surface area contributed by atoms with Crippen LogP contribution in [0.5, 0.6) is 5.75 Å². The fraction of sp³-hybridized carbons (Fsp3) is 0.273. The predicted octanol–water partition coefficient (Wildman–Crippen LogP) is 3.08. The number of benzene rings is 1. The highest BCUT2D eigenvalue weighted by Gasteiger charge is 2.30. The summed E-state index contributed by atoms with van der Waals surface area (Å²) in [6.07, 6.45) is -4.38. The summed E-state index contributed by atoms with van der Waals surface area (Å²) in [5, 5.41) is 6.46. The Bertz CT molecular complexity index is 633. The van der Waals surface area contributed by atoms with E-state index in [1.807, 2.05) is 0 Å². The maximum Gasteiger partial charge on any atom is 0.416 e. The smallest absolute Gasteiger partial charge is 0.416 e. The van der Waals surface area contributed by atoms with Crippen LogP contribution in [0, 0.1) is 4.77 Å². The molecule has 2 rings (SSSR count). The lowest BCUT2D eigenvalue weighted by molar-refractivity contribution is -0.137. The van der Waals surface area contributed by atoms with Gasteiger partial charge in [-0.1, -0.05) is 6.07 Å². The molecule has 0 radical (unpaired) electrons. The van der Waals surface area contributed by atoms with Crippen molar-refractivity contribution in [1.29, 1.82) is 0 Å². The van der Waals surface area contributed by atoms with Gasteiger partial charge in [-0.3, -0.25) is 5.10 Å². The summed E-state index contributed by atoms with van der Waals surface area (Å²) < 4.78 is 44.8. The number of rotatable bonds is 3. The number of nitrogens with zero attached hydrogens (tertiary/aromatic N) is 2. The Hall–Kier alpha value is -1.83. The van der Waals surface area contributed by atoms with Crippen molar-refractivity contribution in [2.45, 2.75) is 12.8 Å². The van der Waals surface area contributed by atoms with Gasteiger partial charge >= 0.3 is 6.18 Å². The van der Waals surface area contributed by atoms with E-state index in [-0.39, 0.29) is 12.4 Å². The van der Waals surface area contributed by atoms with Gasteiger partial charge in [0.2, 0.25) is 0 Å². The first-order chi connectivity index (χ1) is 8.88. The first-order valence-electron chi connectivity index (χ1n) is 5.28. The van der Waals surface area contributed by atoms with Crippen molar-refractivity contribution in [3.8, 4) is 5.75 Å². The number of nitrogens with one attached hydrogen (secondary N) is 1. The fourth-order valence-corrected chi connectivity index (χ4v) is 1.57. The normalized spacial score (nSPS) is 11.6. The third-order valence-electron chi connectivity index (χ3n) is 2.50. The third kappa shape index (κ3) is 3.14. The van der Waals surface area contributed by atoms with Gasteiger partial charge in [-0.25, -0.2) is 0 Å². The summed E-state index contributed by atoms with van der Waals surface area (Å²) in [5.41, 5.74) is -0.750. The van der Waals surface area contributed by atoms with Crippen molar-refractivity contribution < 1.29 is 17.9 Å². The number of H-pyrrole nitrogens is 1. The largest absolute Gasteiger partial charge is 0.486 e. The van der Waals surface area contributed by atoms with Crippen LogP contribution in [-0.4, -0.2) is 14.8 Å². The molecule has 0 amide bonds. The third-order valence-corrected chi connectivity index (χ3v) is 2.87. The monoisotopic (exact) mass is 289 g/mol. The van der Waals surface area contributed by atoms with E-state index in [9.17, 15) is 13.2 Å². The van der Waals surface area contributed by atoms with E-state index in [0.717, 1.165) is 12.1 Å². The minimum atomic E-state index is -4.38. The lowest BCUT2D eigenvalue weighted by atomic mass is 10.2. The van der Waals surface area contributed by atoms with E-state index in [0.29, 0.717) is 10.6 Å². The number of aromatic nitrogens is 3. The van der Waals surface area contributed by atoms with Gasteiger partial charge < -0.3 is 9.30 Å². The maximum absolute atomic E-state index is 12.5. The molecule has 0 aliphatic rings.